The lowest BCUT2D eigenvalue weighted by Gasteiger charge is -2.29. The van der Waals surface area contributed by atoms with Crippen LogP contribution in [-0.2, 0) is 33.4 Å². The Bertz CT molecular complexity index is 1180. The first kappa shape index (κ1) is 22.2. The minimum absolute atomic E-state index is 0.116. The predicted octanol–water partition coefficient (Wildman–Crippen LogP) is 1.27. The smallest absolute Gasteiger partial charge is 0.349 e. The van der Waals surface area contributed by atoms with Crippen LogP contribution in [0.2, 0.25) is 0 Å². The first-order valence-corrected chi connectivity index (χ1v) is 10.0. The molecular weight excluding hydrogens is 440 g/mol. The van der Waals surface area contributed by atoms with Gasteiger partial charge in [-0.2, -0.15) is 8.78 Å². The lowest BCUT2D eigenvalue weighted by molar-refractivity contribution is -0.147. The van der Waals surface area contributed by atoms with Crippen LogP contribution in [0.1, 0.15) is 39.9 Å². The number of amides is 4. The largest absolute Gasteiger partial charge is 0.504 e. The van der Waals surface area contributed by atoms with Crippen molar-refractivity contribution in [1.29, 1.82) is 0 Å². The fraction of sp³-hybridized carbons (Fsp3) is 0.273. The summed E-state index contributed by atoms with van der Waals surface area (Å²) in [5.41, 5.74) is 0.616. The Labute approximate surface area is 186 Å². The van der Waals surface area contributed by atoms with Crippen LogP contribution in [0.4, 0.5) is 8.78 Å². The van der Waals surface area contributed by atoms with E-state index in [2.05, 4.69) is 10.6 Å². The van der Waals surface area contributed by atoms with Crippen molar-refractivity contribution in [2.75, 3.05) is 0 Å². The first-order valence-electron chi connectivity index (χ1n) is 10.0. The molecule has 33 heavy (non-hydrogen) atoms. The highest BCUT2D eigenvalue weighted by atomic mass is 19.3. The van der Waals surface area contributed by atoms with E-state index >= 15 is 0 Å². The molecular formula is C22H19F2N3O6. The van der Waals surface area contributed by atoms with Gasteiger partial charge in [0, 0.05) is 30.6 Å². The normalized spacial score (nSPS) is 18.2. The molecule has 2 aromatic rings. The Hall–Kier alpha value is -4.02. The summed E-state index contributed by atoms with van der Waals surface area (Å²) >= 11 is 0. The number of aromatic hydroxyl groups is 2. The van der Waals surface area contributed by atoms with Crippen LogP contribution in [0, 0.1) is 0 Å². The molecule has 1 fully saturated rings. The minimum Gasteiger partial charge on any atom is -0.504 e. The maximum atomic E-state index is 14.4. The Balaban J connectivity index is 1.44. The van der Waals surface area contributed by atoms with Crippen LogP contribution in [-0.4, -0.2) is 44.8 Å². The second-order valence-corrected chi connectivity index (χ2v) is 7.85. The van der Waals surface area contributed by atoms with Crippen LogP contribution in [0.3, 0.4) is 0 Å². The third-order valence-electron chi connectivity index (χ3n) is 5.66. The second kappa shape index (κ2) is 8.15. The van der Waals surface area contributed by atoms with Gasteiger partial charge in [-0.05, 0) is 41.8 Å². The summed E-state index contributed by atoms with van der Waals surface area (Å²) in [6.45, 7) is -0.135. The number of alkyl halides is 2. The molecule has 2 aliphatic heterocycles. The van der Waals surface area contributed by atoms with Crippen LogP contribution in [0.5, 0.6) is 11.5 Å². The van der Waals surface area contributed by atoms with E-state index in [0.717, 1.165) is 12.1 Å². The molecule has 9 nitrogen and oxygen atoms in total. The number of imide groups is 1. The number of carbonyl (C=O) groups excluding carboxylic acids is 4. The van der Waals surface area contributed by atoms with Crippen molar-refractivity contribution >= 4 is 23.6 Å². The Morgan fingerprint density at radius 2 is 1.88 bits per heavy atom. The van der Waals surface area contributed by atoms with Crippen molar-refractivity contribution in [2.24, 2.45) is 0 Å². The second-order valence-electron chi connectivity index (χ2n) is 7.85. The maximum Gasteiger partial charge on any atom is 0.349 e. The standard InChI is InChI=1S/C22H19F2N3O6/c23-22(24,13-2-5-16(28)17(29)8-13)21(33)25-9-11-1-3-14-12(7-11)10-27(20(14)32)15-4-6-18(30)26-19(15)31/h1-3,5,7-8,15,28-29H,4,6,9-10H2,(H,25,33)(H,26,30,31). The number of benzene rings is 2. The van der Waals surface area contributed by atoms with E-state index in [0.29, 0.717) is 22.8 Å². The van der Waals surface area contributed by atoms with E-state index in [9.17, 15) is 38.2 Å². The molecule has 2 aliphatic rings. The average Bonchev–Trinajstić information content (AvgIpc) is 3.09. The Kier molecular flexibility index (Phi) is 5.48. The van der Waals surface area contributed by atoms with Crippen molar-refractivity contribution in [3.05, 3.63) is 58.7 Å². The summed E-state index contributed by atoms with van der Waals surface area (Å²) in [4.78, 5) is 49.6. The molecule has 4 rings (SSSR count). The zero-order valence-electron chi connectivity index (χ0n) is 17.1. The molecule has 4 amide bonds. The molecule has 172 valence electrons. The van der Waals surface area contributed by atoms with Crippen molar-refractivity contribution in [3.63, 3.8) is 0 Å². The van der Waals surface area contributed by atoms with Gasteiger partial charge in [-0.15, -0.1) is 0 Å². The zero-order chi connectivity index (χ0) is 23.9. The van der Waals surface area contributed by atoms with Gasteiger partial charge >= 0.3 is 5.92 Å². The Morgan fingerprint density at radius 3 is 2.58 bits per heavy atom. The monoisotopic (exact) mass is 459 g/mol. The number of fused-ring (bicyclic) bond motifs is 1. The summed E-state index contributed by atoms with van der Waals surface area (Å²) in [5, 5.41) is 23.0. The molecule has 1 unspecified atom stereocenters. The molecule has 0 aliphatic carbocycles. The van der Waals surface area contributed by atoms with E-state index in [-0.39, 0.29) is 31.8 Å². The highest BCUT2D eigenvalue weighted by molar-refractivity contribution is 6.05. The van der Waals surface area contributed by atoms with Gasteiger partial charge in [0.15, 0.2) is 11.5 Å². The number of halogens is 2. The summed E-state index contributed by atoms with van der Waals surface area (Å²) in [6.07, 6.45) is 0.343. The van der Waals surface area contributed by atoms with Gasteiger partial charge in [-0.3, -0.25) is 24.5 Å². The highest BCUT2D eigenvalue weighted by Gasteiger charge is 2.42. The van der Waals surface area contributed by atoms with Gasteiger partial charge in [-0.25, -0.2) is 0 Å². The minimum atomic E-state index is -3.96. The number of phenolic OH excluding ortho intramolecular Hbond substituents is 2. The van der Waals surface area contributed by atoms with Gasteiger partial charge in [0.25, 0.3) is 11.8 Å². The van der Waals surface area contributed by atoms with Crippen molar-refractivity contribution < 1.29 is 38.2 Å². The molecule has 4 N–H and O–H groups in total. The van der Waals surface area contributed by atoms with Crippen molar-refractivity contribution in [3.8, 4) is 11.5 Å². The van der Waals surface area contributed by atoms with Gasteiger partial charge < -0.3 is 20.4 Å². The number of hydrogen-bond acceptors (Lipinski definition) is 6. The van der Waals surface area contributed by atoms with Crippen molar-refractivity contribution in [1.82, 2.24) is 15.5 Å². The number of nitrogens with zero attached hydrogens (tertiary/aromatic N) is 1. The summed E-state index contributed by atoms with van der Waals surface area (Å²) < 4.78 is 28.9. The molecule has 2 heterocycles. The van der Waals surface area contributed by atoms with Crippen LogP contribution < -0.4 is 10.6 Å². The van der Waals surface area contributed by atoms with E-state index in [1.807, 2.05) is 0 Å². The number of piperidine rings is 1. The van der Waals surface area contributed by atoms with Gasteiger partial charge in [0.1, 0.15) is 6.04 Å². The molecule has 11 heteroatoms. The van der Waals surface area contributed by atoms with Gasteiger partial charge in [-0.1, -0.05) is 12.1 Å². The number of phenols is 2. The fourth-order valence-electron chi connectivity index (χ4n) is 3.88. The molecule has 1 saturated heterocycles. The number of hydrogen-bond donors (Lipinski definition) is 4. The van der Waals surface area contributed by atoms with Crippen molar-refractivity contribution in [2.45, 2.75) is 37.9 Å². The molecule has 0 aromatic heterocycles. The van der Waals surface area contributed by atoms with E-state index in [1.54, 1.807) is 6.07 Å². The van der Waals surface area contributed by atoms with E-state index < -0.39 is 46.7 Å². The number of rotatable bonds is 5. The van der Waals surface area contributed by atoms with E-state index in [1.165, 1.54) is 17.0 Å². The molecule has 2 aromatic carbocycles. The Morgan fingerprint density at radius 1 is 1.12 bits per heavy atom. The SMILES string of the molecule is O=C1CCC(N2Cc3cc(CNC(=O)C(F)(F)c4ccc(O)c(O)c4)ccc3C2=O)C(=O)N1. The average molecular weight is 459 g/mol. The summed E-state index contributed by atoms with van der Waals surface area (Å²) in [6, 6.07) is 6.13. The lowest BCUT2D eigenvalue weighted by Crippen LogP contribution is -2.52. The van der Waals surface area contributed by atoms with Gasteiger partial charge in [0.05, 0.1) is 0 Å². The molecule has 0 spiro atoms. The number of carbonyl (C=O) groups is 4. The highest BCUT2D eigenvalue weighted by Crippen LogP contribution is 2.34. The summed E-state index contributed by atoms with van der Waals surface area (Å²) in [7, 11) is 0. The van der Waals surface area contributed by atoms with Crippen LogP contribution >= 0.6 is 0 Å². The third-order valence-corrected chi connectivity index (χ3v) is 5.66. The molecule has 1 atom stereocenters. The third kappa shape index (κ3) is 4.09. The van der Waals surface area contributed by atoms with E-state index in [4.69, 9.17) is 0 Å². The summed E-state index contributed by atoms with van der Waals surface area (Å²) in [5.74, 6) is -8.22. The fourth-order valence-corrected chi connectivity index (χ4v) is 3.88. The molecule has 0 radical (unpaired) electrons. The molecule has 0 saturated carbocycles. The topological polar surface area (TPSA) is 136 Å². The zero-order valence-corrected chi connectivity index (χ0v) is 17.1. The van der Waals surface area contributed by atoms with Crippen LogP contribution in [0.15, 0.2) is 36.4 Å². The first-order chi connectivity index (χ1) is 15.6. The van der Waals surface area contributed by atoms with Crippen LogP contribution in [0.25, 0.3) is 0 Å². The maximum absolute atomic E-state index is 14.4. The predicted molar refractivity (Wildman–Crippen MR) is 108 cm³/mol. The number of nitrogens with one attached hydrogen (secondary N) is 2. The molecule has 0 bridgehead atoms. The lowest BCUT2D eigenvalue weighted by atomic mass is 10.0. The van der Waals surface area contributed by atoms with Gasteiger partial charge in [0.2, 0.25) is 11.8 Å². The quantitative estimate of drug-likeness (QED) is 0.393.